The van der Waals surface area contributed by atoms with Gasteiger partial charge in [0.15, 0.2) is 0 Å². The van der Waals surface area contributed by atoms with E-state index in [-0.39, 0.29) is 5.56 Å². The fraction of sp³-hybridized carbons (Fsp3) is 0.400. The first-order valence-corrected chi connectivity index (χ1v) is 4.80. The summed E-state index contributed by atoms with van der Waals surface area (Å²) in [7, 11) is 0. The number of halogens is 5. The maximum atomic E-state index is 12.6. The zero-order valence-corrected chi connectivity index (χ0v) is 8.76. The van der Waals surface area contributed by atoms with Gasteiger partial charge in [-0.05, 0) is 17.7 Å². The van der Waals surface area contributed by atoms with E-state index in [9.17, 15) is 22.7 Å². The molecule has 1 N–H and O–H groups in total. The summed E-state index contributed by atoms with van der Waals surface area (Å²) in [6, 6.07) is 5.41. The van der Waals surface area contributed by atoms with Gasteiger partial charge in [0.2, 0.25) is 0 Å². The highest BCUT2D eigenvalue weighted by atomic mass is 35.5. The summed E-state index contributed by atoms with van der Waals surface area (Å²) in [5.74, 6) is -4.20. The molecule has 0 aliphatic carbocycles. The van der Waals surface area contributed by atoms with Crippen LogP contribution in [0.5, 0.6) is 0 Å². The van der Waals surface area contributed by atoms with Crippen LogP contribution in [0, 0.1) is 0 Å². The maximum absolute atomic E-state index is 12.6. The lowest BCUT2D eigenvalue weighted by molar-refractivity contribution is -0.149. The van der Waals surface area contributed by atoms with E-state index < -0.39 is 24.9 Å². The van der Waals surface area contributed by atoms with E-state index in [0.29, 0.717) is 5.02 Å². The minimum absolute atomic E-state index is 0.129. The Kier molecular flexibility index (Phi) is 4.15. The van der Waals surface area contributed by atoms with E-state index >= 15 is 0 Å². The molecular weight excluding hydrogens is 248 g/mol. The van der Waals surface area contributed by atoms with Crippen LogP contribution in [0.2, 0.25) is 5.02 Å². The second kappa shape index (κ2) is 5.01. The van der Waals surface area contributed by atoms with Gasteiger partial charge in [-0.15, -0.1) is 0 Å². The number of alkyl halides is 4. The lowest BCUT2D eigenvalue weighted by Gasteiger charge is -2.19. The molecule has 6 heteroatoms. The quantitative estimate of drug-likeness (QED) is 0.815. The van der Waals surface area contributed by atoms with E-state index in [1.807, 2.05) is 0 Å². The van der Waals surface area contributed by atoms with Gasteiger partial charge in [-0.3, -0.25) is 0 Å². The largest absolute Gasteiger partial charge is 0.388 e. The van der Waals surface area contributed by atoms with Crippen LogP contribution < -0.4 is 0 Å². The number of hydrogen-bond donors (Lipinski definition) is 1. The molecule has 0 aliphatic rings. The Morgan fingerprint density at radius 1 is 1.19 bits per heavy atom. The predicted octanol–water partition coefficient (Wildman–Crippen LogP) is 3.66. The summed E-state index contributed by atoms with van der Waals surface area (Å²) in [5, 5.41) is 9.71. The molecule has 1 aromatic rings. The minimum Gasteiger partial charge on any atom is -0.388 e. The van der Waals surface area contributed by atoms with Gasteiger partial charge in [0, 0.05) is 11.4 Å². The molecule has 0 heterocycles. The summed E-state index contributed by atoms with van der Waals surface area (Å²) in [6.45, 7) is 0. The standard InChI is InChI=1S/C10H9ClF4O/c11-7-3-1-6(2-4-7)8(16)5-10(14,15)9(12)13/h1-4,8-9,16H,5H2. The zero-order chi connectivity index (χ0) is 12.3. The molecule has 0 saturated heterocycles. The fourth-order valence-electron chi connectivity index (χ4n) is 1.15. The van der Waals surface area contributed by atoms with Gasteiger partial charge in [-0.1, -0.05) is 23.7 Å². The monoisotopic (exact) mass is 256 g/mol. The van der Waals surface area contributed by atoms with E-state index in [1.165, 1.54) is 24.3 Å². The van der Waals surface area contributed by atoms with Crippen LogP contribution in [0.25, 0.3) is 0 Å². The number of benzene rings is 1. The first kappa shape index (κ1) is 13.3. The molecule has 0 radical (unpaired) electrons. The lowest BCUT2D eigenvalue weighted by Crippen LogP contribution is -2.28. The van der Waals surface area contributed by atoms with Crippen molar-refractivity contribution in [2.45, 2.75) is 24.9 Å². The first-order chi connectivity index (χ1) is 7.33. The Hall–Kier alpha value is -0.810. The molecule has 0 aromatic heterocycles. The third kappa shape index (κ3) is 3.35. The second-order valence-corrected chi connectivity index (χ2v) is 3.77. The van der Waals surface area contributed by atoms with Gasteiger partial charge < -0.3 is 5.11 Å². The fourth-order valence-corrected chi connectivity index (χ4v) is 1.28. The minimum atomic E-state index is -4.20. The lowest BCUT2D eigenvalue weighted by atomic mass is 10.0. The Morgan fingerprint density at radius 2 is 1.69 bits per heavy atom. The molecule has 0 bridgehead atoms. The molecule has 0 fully saturated rings. The highest BCUT2D eigenvalue weighted by Gasteiger charge is 2.42. The Balaban J connectivity index is 2.72. The average molecular weight is 257 g/mol. The van der Waals surface area contributed by atoms with Crippen LogP contribution >= 0.6 is 11.6 Å². The number of aliphatic hydroxyl groups excluding tert-OH is 1. The second-order valence-electron chi connectivity index (χ2n) is 3.33. The molecule has 1 unspecified atom stereocenters. The summed E-state index contributed by atoms with van der Waals surface area (Å²) >= 11 is 5.55. The molecule has 0 spiro atoms. The van der Waals surface area contributed by atoms with Crippen molar-refractivity contribution in [1.82, 2.24) is 0 Å². The summed E-state index contributed by atoms with van der Waals surface area (Å²) in [4.78, 5) is 0. The normalized spacial score (nSPS) is 14.2. The number of rotatable bonds is 4. The third-order valence-electron chi connectivity index (χ3n) is 2.04. The van der Waals surface area contributed by atoms with Crippen molar-refractivity contribution in [3.05, 3.63) is 34.9 Å². The highest BCUT2D eigenvalue weighted by molar-refractivity contribution is 6.30. The van der Waals surface area contributed by atoms with Crippen LogP contribution in [0.3, 0.4) is 0 Å². The van der Waals surface area contributed by atoms with Crippen LogP contribution in [-0.4, -0.2) is 17.5 Å². The van der Waals surface area contributed by atoms with E-state index in [0.717, 1.165) is 0 Å². The van der Waals surface area contributed by atoms with E-state index in [1.54, 1.807) is 0 Å². The van der Waals surface area contributed by atoms with Gasteiger partial charge >= 0.3 is 12.3 Å². The van der Waals surface area contributed by atoms with Crippen molar-refractivity contribution in [2.75, 3.05) is 0 Å². The first-order valence-electron chi connectivity index (χ1n) is 4.42. The Morgan fingerprint density at radius 3 is 2.12 bits per heavy atom. The molecule has 0 amide bonds. The molecule has 0 saturated carbocycles. The van der Waals surface area contributed by atoms with Gasteiger partial charge in [0.05, 0.1) is 6.10 Å². The topological polar surface area (TPSA) is 20.2 Å². The number of aliphatic hydroxyl groups is 1. The molecule has 1 aromatic carbocycles. The SMILES string of the molecule is OC(CC(F)(F)C(F)F)c1ccc(Cl)cc1. The Bertz CT molecular complexity index is 339. The van der Waals surface area contributed by atoms with Crippen molar-refractivity contribution < 1.29 is 22.7 Å². The van der Waals surface area contributed by atoms with Gasteiger partial charge in [-0.2, -0.15) is 0 Å². The summed E-state index contributed by atoms with van der Waals surface area (Å²) in [6.07, 6.45) is -6.73. The summed E-state index contributed by atoms with van der Waals surface area (Å²) < 4.78 is 49.0. The van der Waals surface area contributed by atoms with Gasteiger partial charge in [-0.25, -0.2) is 17.6 Å². The third-order valence-corrected chi connectivity index (χ3v) is 2.29. The molecule has 1 atom stereocenters. The molecular formula is C10H9ClF4O. The molecule has 0 aliphatic heterocycles. The Labute approximate surface area is 94.7 Å². The van der Waals surface area contributed by atoms with Crippen LogP contribution in [-0.2, 0) is 0 Å². The average Bonchev–Trinajstić information content (AvgIpc) is 2.17. The zero-order valence-electron chi connectivity index (χ0n) is 8.01. The van der Waals surface area contributed by atoms with Crippen molar-refractivity contribution in [3.63, 3.8) is 0 Å². The smallest absolute Gasteiger partial charge is 0.310 e. The van der Waals surface area contributed by atoms with Crippen molar-refractivity contribution >= 4 is 11.6 Å². The van der Waals surface area contributed by atoms with Crippen LogP contribution in [0.15, 0.2) is 24.3 Å². The molecule has 1 rings (SSSR count). The predicted molar refractivity (Wildman–Crippen MR) is 52.0 cm³/mol. The van der Waals surface area contributed by atoms with Gasteiger partial charge in [0.1, 0.15) is 0 Å². The van der Waals surface area contributed by atoms with Crippen molar-refractivity contribution in [1.29, 1.82) is 0 Å². The van der Waals surface area contributed by atoms with E-state index in [4.69, 9.17) is 11.6 Å². The van der Waals surface area contributed by atoms with Crippen molar-refractivity contribution in [3.8, 4) is 0 Å². The van der Waals surface area contributed by atoms with Gasteiger partial charge in [0.25, 0.3) is 0 Å². The molecule has 1 nitrogen and oxygen atoms in total. The van der Waals surface area contributed by atoms with Crippen LogP contribution in [0.4, 0.5) is 17.6 Å². The highest BCUT2D eigenvalue weighted by Crippen LogP contribution is 2.33. The molecule has 90 valence electrons. The molecule has 16 heavy (non-hydrogen) atoms. The van der Waals surface area contributed by atoms with E-state index in [2.05, 4.69) is 0 Å². The van der Waals surface area contributed by atoms with Crippen LogP contribution in [0.1, 0.15) is 18.1 Å². The van der Waals surface area contributed by atoms with Crippen molar-refractivity contribution in [2.24, 2.45) is 0 Å². The number of hydrogen-bond acceptors (Lipinski definition) is 1. The summed E-state index contributed by atoms with van der Waals surface area (Å²) in [5.41, 5.74) is 0.129. The maximum Gasteiger partial charge on any atom is 0.310 e.